The molecule has 2 aromatic rings. The standard InChI is InChI=1S/C26H33N5O7/c1-15(32)22(26(37)38)31-25(36)19(13-17-10-6-3-7-11-17)30-24(35)20(14-21(28)33)29-23(34)18(27)12-16-8-4-2-5-9-16/h2-11,15,18-20,22,32H,12-14,27H2,1H3,(H2,28,33)(H,29,34)(H,30,35)(H,31,36)(H,37,38). The predicted molar refractivity (Wildman–Crippen MR) is 137 cm³/mol. The van der Waals surface area contributed by atoms with Gasteiger partial charge in [0.25, 0.3) is 0 Å². The van der Waals surface area contributed by atoms with Crippen LogP contribution in [0.15, 0.2) is 60.7 Å². The van der Waals surface area contributed by atoms with Gasteiger partial charge in [-0.3, -0.25) is 19.2 Å². The molecule has 0 aromatic heterocycles. The monoisotopic (exact) mass is 527 g/mol. The van der Waals surface area contributed by atoms with Gasteiger partial charge >= 0.3 is 5.97 Å². The number of benzene rings is 2. The molecule has 12 nitrogen and oxygen atoms in total. The highest BCUT2D eigenvalue weighted by molar-refractivity contribution is 5.96. The van der Waals surface area contributed by atoms with Crippen molar-refractivity contribution in [3.63, 3.8) is 0 Å². The minimum Gasteiger partial charge on any atom is -0.480 e. The number of aliphatic hydroxyl groups excluding tert-OH is 1. The fourth-order valence-corrected chi connectivity index (χ4v) is 3.62. The number of rotatable bonds is 14. The summed E-state index contributed by atoms with van der Waals surface area (Å²) >= 11 is 0. The second kappa shape index (κ2) is 14.4. The summed E-state index contributed by atoms with van der Waals surface area (Å²) in [6, 6.07) is 12.1. The van der Waals surface area contributed by atoms with Gasteiger partial charge in [0.2, 0.25) is 23.6 Å². The molecule has 0 aliphatic heterocycles. The van der Waals surface area contributed by atoms with E-state index < -0.39 is 66.3 Å². The lowest BCUT2D eigenvalue weighted by Crippen LogP contribution is -2.59. The summed E-state index contributed by atoms with van der Waals surface area (Å²) in [5.74, 6) is -4.85. The second-order valence-corrected chi connectivity index (χ2v) is 8.84. The normalized spacial score (nSPS) is 14.7. The van der Waals surface area contributed by atoms with Gasteiger partial charge in [0.1, 0.15) is 12.1 Å². The number of nitrogens with one attached hydrogen (secondary N) is 3. The number of carbonyl (C=O) groups excluding carboxylic acids is 4. The summed E-state index contributed by atoms with van der Waals surface area (Å²) in [6.45, 7) is 1.20. The minimum absolute atomic E-state index is 0.0463. The molecule has 38 heavy (non-hydrogen) atoms. The number of aliphatic hydroxyl groups is 1. The molecule has 0 aliphatic carbocycles. The Hall–Kier alpha value is -4.29. The van der Waals surface area contributed by atoms with Crippen molar-refractivity contribution >= 4 is 29.6 Å². The summed E-state index contributed by atoms with van der Waals surface area (Å²) in [6.07, 6.45) is -1.86. The van der Waals surface area contributed by atoms with E-state index in [9.17, 15) is 34.2 Å². The summed E-state index contributed by atoms with van der Waals surface area (Å²) in [4.78, 5) is 61.9. The highest BCUT2D eigenvalue weighted by atomic mass is 16.4. The van der Waals surface area contributed by atoms with Crippen LogP contribution in [0.3, 0.4) is 0 Å². The molecule has 0 radical (unpaired) electrons. The smallest absolute Gasteiger partial charge is 0.328 e. The van der Waals surface area contributed by atoms with Crippen molar-refractivity contribution in [2.24, 2.45) is 11.5 Å². The van der Waals surface area contributed by atoms with Crippen LogP contribution in [0.5, 0.6) is 0 Å². The lowest BCUT2D eigenvalue weighted by atomic mass is 10.0. The fraction of sp³-hybridized carbons (Fsp3) is 0.346. The van der Waals surface area contributed by atoms with E-state index in [1.165, 1.54) is 6.92 Å². The number of primary amides is 1. The Labute approximate surface area is 219 Å². The van der Waals surface area contributed by atoms with Gasteiger partial charge in [-0.1, -0.05) is 60.7 Å². The molecular formula is C26H33N5O7. The van der Waals surface area contributed by atoms with Crippen LogP contribution in [-0.4, -0.2) is 70.1 Å². The van der Waals surface area contributed by atoms with Crippen LogP contribution in [-0.2, 0) is 36.8 Å². The van der Waals surface area contributed by atoms with Crippen LogP contribution in [0.4, 0.5) is 0 Å². The Morgan fingerprint density at radius 1 is 0.763 bits per heavy atom. The van der Waals surface area contributed by atoms with Crippen LogP contribution in [0.25, 0.3) is 0 Å². The van der Waals surface area contributed by atoms with Crippen LogP contribution in [0.1, 0.15) is 24.5 Å². The van der Waals surface area contributed by atoms with Crippen molar-refractivity contribution in [2.45, 2.75) is 56.5 Å². The van der Waals surface area contributed by atoms with E-state index in [0.29, 0.717) is 5.56 Å². The Morgan fingerprint density at radius 2 is 1.24 bits per heavy atom. The van der Waals surface area contributed by atoms with Crippen molar-refractivity contribution in [3.8, 4) is 0 Å². The zero-order valence-electron chi connectivity index (χ0n) is 20.9. The molecule has 4 amide bonds. The van der Waals surface area contributed by atoms with E-state index in [1.54, 1.807) is 54.6 Å². The molecule has 0 spiro atoms. The van der Waals surface area contributed by atoms with Gasteiger partial charge < -0.3 is 37.6 Å². The first-order chi connectivity index (χ1) is 18.0. The second-order valence-electron chi connectivity index (χ2n) is 8.84. The van der Waals surface area contributed by atoms with Crippen LogP contribution >= 0.6 is 0 Å². The van der Waals surface area contributed by atoms with E-state index >= 15 is 0 Å². The summed E-state index contributed by atoms with van der Waals surface area (Å²) in [5.41, 5.74) is 12.7. The van der Waals surface area contributed by atoms with Gasteiger partial charge in [0.15, 0.2) is 6.04 Å². The Kier molecular flexibility index (Phi) is 11.4. The highest BCUT2D eigenvalue weighted by Gasteiger charge is 2.32. The lowest BCUT2D eigenvalue weighted by Gasteiger charge is -2.25. The highest BCUT2D eigenvalue weighted by Crippen LogP contribution is 2.07. The molecule has 0 aliphatic rings. The zero-order chi connectivity index (χ0) is 28.2. The maximum Gasteiger partial charge on any atom is 0.328 e. The van der Waals surface area contributed by atoms with E-state index in [-0.39, 0.29) is 12.8 Å². The molecule has 0 saturated carbocycles. The molecule has 2 rings (SSSR count). The molecule has 204 valence electrons. The van der Waals surface area contributed by atoms with Crippen molar-refractivity contribution < 1.29 is 34.2 Å². The Balaban J connectivity index is 2.20. The van der Waals surface area contributed by atoms with Gasteiger partial charge in [-0.25, -0.2) is 4.79 Å². The summed E-state index contributed by atoms with van der Waals surface area (Å²) in [7, 11) is 0. The van der Waals surface area contributed by atoms with Gasteiger partial charge in [-0.2, -0.15) is 0 Å². The molecular weight excluding hydrogens is 494 g/mol. The van der Waals surface area contributed by atoms with Crippen LogP contribution in [0.2, 0.25) is 0 Å². The zero-order valence-corrected chi connectivity index (χ0v) is 20.9. The maximum atomic E-state index is 13.1. The lowest BCUT2D eigenvalue weighted by molar-refractivity contribution is -0.145. The van der Waals surface area contributed by atoms with Crippen molar-refractivity contribution in [2.75, 3.05) is 0 Å². The molecule has 0 saturated heterocycles. The molecule has 0 heterocycles. The maximum absolute atomic E-state index is 13.1. The van der Waals surface area contributed by atoms with Gasteiger partial charge in [-0.05, 0) is 24.5 Å². The molecule has 0 bridgehead atoms. The number of hydrogen-bond donors (Lipinski definition) is 7. The quantitative estimate of drug-likeness (QED) is 0.155. The van der Waals surface area contributed by atoms with Crippen molar-refractivity contribution in [1.29, 1.82) is 0 Å². The van der Waals surface area contributed by atoms with E-state index in [2.05, 4.69) is 16.0 Å². The average Bonchev–Trinajstić information content (AvgIpc) is 2.86. The topological polar surface area (TPSA) is 214 Å². The third-order valence-electron chi connectivity index (χ3n) is 5.64. The molecule has 2 aromatic carbocycles. The summed E-state index contributed by atoms with van der Waals surface area (Å²) in [5, 5.41) is 26.1. The van der Waals surface area contributed by atoms with Crippen LogP contribution < -0.4 is 27.4 Å². The Morgan fingerprint density at radius 3 is 1.71 bits per heavy atom. The minimum atomic E-state index is -1.63. The van der Waals surface area contributed by atoms with Gasteiger partial charge in [-0.15, -0.1) is 0 Å². The predicted octanol–water partition coefficient (Wildman–Crippen LogP) is -1.41. The molecule has 5 unspecified atom stereocenters. The number of carbonyl (C=O) groups is 5. The van der Waals surface area contributed by atoms with E-state index in [1.807, 2.05) is 6.07 Å². The average molecular weight is 528 g/mol. The van der Waals surface area contributed by atoms with E-state index in [0.717, 1.165) is 5.56 Å². The first-order valence-corrected chi connectivity index (χ1v) is 11.9. The molecule has 0 fully saturated rings. The first-order valence-electron chi connectivity index (χ1n) is 11.9. The number of carboxylic acid groups (broad SMARTS) is 1. The number of nitrogens with two attached hydrogens (primary N) is 2. The van der Waals surface area contributed by atoms with Crippen molar-refractivity contribution in [3.05, 3.63) is 71.8 Å². The number of hydrogen-bond acceptors (Lipinski definition) is 7. The number of aliphatic carboxylic acids is 1. The van der Waals surface area contributed by atoms with Crippen LogP contribution in [0, 0.1) is 0 Å². The molecule has 5 atom stereocenters. The van der Waals surface area contributed by atoms with Gasteiger partial charge in [0.05, 0.1) is 18.6 Å². The third-order valence-corrected chi connectivity index (χ3v) is 5.64. The largest absolute Gasteiger partial charge is 0.480 e. The van der Waals surface area contributed by atoms with Crippen molar-refractivity contribution in [1.82, 2.24) is 16.0 Å². The first kappa shape index (κ1) is 29.9. The van der Waals surface area contributed by atoms with Gasteiger partial charge in [0, 0.05) is 6.42 Å². The number of amides is 4. The SMILES string of the molecule is CC(O)C(NC(=O)C(Cc1ccccc1)NC(=O)C(CC(N)=O)NC(=O)C(N)Cc1ccccc1)C(=O)O. The molecule has 12 heteroatoms. The number of carboxylic acids is 1. The fourth-order valence-electron chi connectivity index (χ4n) is 3.62. The summed E-state index contributed by atoms with van der Waals surface area (Å²) < 4.78 is 0. The third kappa shape index (κ3) is 9.64. The Bertz CT molecular complexity index is 1110. The van der Waals surface area contributed by atoms with E-state index in [4.69, 9.17) is 11.5 Å². The molecule has 9 N–H and O–H groups in total.